The monoisotopic (exact) mass is 286 g/mol. The zero-order valence-corrected chi connectivity index (χ0v) is 12.9. The minimum atomic E-state index is 0.114. The van der Waals surface area contributed by atoms with E-state index >= 15 is 0 Å². The first-order valence-electron chi connectivity index (χ1n) is 7.03. The smallest absolute Gasteiger partial charge is 0.135 e. The Hall–Kier alpha value is -2.30. The van der Waals surface area contributed by atoms with Gasteiger partial charge in [0.25, 0.3) is 0 Å². The highest BCUT2D eigenvalue weighted by Gasteiger charge is 2.15. The molecule has 3 N–H and O–H groups in total. The summed E-state index contributed by atoms with van der Waals surface area (Å²) in [5.41, 5.74) is 8.08. The third kappa shape index (κ3) is 3.42. The molecule has 1 unspecified atom stereocenters. The first kappa shape index (κ1) is 15.1. The standard InChI is InChI=1S/C16H22N4O/c1-10(2)14-15(17)18-9-19-16(14)20-11(3)12-5-7-13(21-4)8-6-12/h5-11H,1-4H3,(H3,17,18,19,20). The van der Waals surface area contributed by atoms with Gasteiger partial charge in [-0.15, -0.1) is 0 Å². The summed E-state index contributed by atoms with van der Waals surface area (Å²) in [5, 5.41) is 3.41. The van der Waals surface area contributed by atoms with Gasteiger partial charge in [0.2, 0.25) is 0 Å². The number of anilines is 2. The molecule has 2 aromatic rings. The Kier molecular flexibility index (Phi) is 4.62. The van der Waals surface area contributed by atoms with Crippen LogP contribution in [0.5, 0.6) is 5.75 Å². The van der Waals surface area contributed by atoms with Crippen molar-refractivity contribution in [2.24, 2.45) is 0 Å². The molecule has 0 radical (unpaired) electrons. The molecule has 0 saturated carbocycles. The van der Waals surface area contributed by atoms with Gasteiger partial charge in [0.1, 0.15) is 23.7 Å². The summed E-state index contributed by atoms with van der Waals surface area (Å²) in [4.78, 5) is 8.41. The molecule has 1 atom stereocenters. The number of hydrogen-bond acceptors (Lipinski definition) is 5. The molecule has 5 nitrogen and oxygen atoms in total. The molecule has 0 aliphatic heterocycles. The lowest BCUT2D eigenvalue weighted by Crippen LogP contribution is -2.13. The van der Waals surface area contributed by atoms with Crippen LogP contribution in [0.3, 0.4) is 0 Å². The van der Waals surface area contributed by atoms with Crippen molar-refractivity contribution in [3.8, 4) is 5.75 Å². The third-order valence-electron chi connectivity index (χ3n) is 3.46. The quantitative estimate of drug-likeness (QED) is 0.881. The lowest BCUT2D eigenvalue weighted by atomic mass is 10.0. The van der Waals surface area contributed by atoms with E-state index in [9.17, 15) is 0 Å². The minimum Gasteiger partial charge on any atom is -0.497 e. The van der Waals surface area contributed by atoms with E-state index in [1.54, 1.807) is 7.11 Å². The molecule has 1 aromatic heterocycles. The third-order valence-corrected chi connectivity index (χ3v) is 3.46. The normalized spacial score (nSPS) is 12.2. The van der Waals surface area contributed by atoms with Crippen LogP contribution >= 0.6 is 0 Å². The van der Waals surface area contributed by atoms with Crippen LogP contribution in [0.15, 0.2) is 30.6 Å². The second-order valence-corrected chi connectivity index (χ2v) is 5.32. The Labute approximate surface area is 125 Å². The van der Waals surface area contributed by atoms with Gasteiger partial charge in [-0.25, -0.2) is 9.97 Å². The van der Waals surface area contributed by atoms with Gasteiger partial charge in [-0.1, -0.05) is 26.0 Å². The number of methoxy groups -OCH3 is 1. The lowest BCUT2D eigenvalue weighted by molar-refractivity contribution is 0.414. The Bertz CT molecular complexity index is 596. The van der Waals surface area contributed by atoms with Crippen LogP contribution in [0.4, 0.5) is 11.6 Å². The molecule has 0 bridgehead atoms. The fraction of sp³-hybridized carbons (Fsp3) is 0.375. The van der Waals surface area contributed by atoms with Crippen molar-refractivity contribution in [3.63, 3.8) is 0 Å². The topological polar surface area (TPSA) is 73.1 Å². The van der Waals surface area contributed by atoms with Crippen molar-refractivity contribution < 1.29 is 4.74 Å². The number of aromatic nitrogens is 2. The SMILES string of the molecule is COc1ccc(C(C)Nc2ncnc(N)c2C(C)C)cc1. The molecule has 0 saturated heterocycles. The van der Waals surface area contributed by atoms with Crippen molar-refractivity contribution in [2.75, 3.05) is 18.2 Å². The van der Waals surface area contributed by atoms with Crippen molar-refractivity contribution in [1.82, 2.24) is 9.97 Å². The molecule has 1 heterocycles. The van der Waals surface area contributed by atoms with Crippen molar-refractivity contribution in [1.29, 1.82) is 0 Å². The number of nitrogen functional groups attached to an aromatic ring is 1. The molecule has 21 heavy (non-hydrogen) atoms. The van der Waals surface area contributed by atoms with E-state index < -0.39 is 0 Å². The van der Waals surface area contributed by atoms with Crippen molar-refractivity contribution in [2.45, 2.75) is 32.7 Å². The van der Waals surface area contributed by atoms with Crippen LogP contribution in [-0.2, 0) is 0 Å². The average Bonchev–Trinajstić information content (AvgIpc) is 2.47. The van der Waals surface area contributed by atoms with Crippen LogP contribution in [0.25, 0.3) is 0 Å². The molecular formula is C16H22N4O. The van der Waals surface area contributed by atoms with Gasteiger partial charge < -0.3 is 15.8 Å². The maximum absolute atomic E-state index is 5.97. The summed E-state index contributed by atoms with van der Waals surface area (Å²) >= 11 is 0. The summed E-state index contributed by atoms with van der Waals surface area (Å²) in [6.07, 6.45) is 1.49. The van der Waals surface area contributed by atoms with Gasteiger partial charge >= 0.3 is 0 Å². The maximum atomic E-state index is 5.97. The molecule has 112 valence electrons. The van der Waals surface area contributed by atoms with E-state index in [1.807, 2.05) is 24.3 Å². The van der Waals surface area contributed by atoms with Crippen molar-refractivity contribution in [3.05, 3.63) is 41.7 Å². The summed E-state index contributed by atoms with van der Waals surface area (Å²) < 4.78 is 5.18. The van der Waals surface area contributed by atoms with E-state index in [1.165, 1.54) is 6.33 Å². The van der Waals surface area contributed by atoms with Crippen LogP contribution in [0.2, 0.25) is 0 Å². The average molecular weight is 286 g/mol. The van der Waals surface area contributed by atoms with Gasteiger partial charge in [0.15, 0.2) is 0 Å². The van der Waals surface area contributed by atoms with Crippen molar-refractivity contribution >= 4 is 11.6 Å². The Balaban J connectivity index is 2.22. The van der Waals surface area contributed by atoms with E-state index in [0.29, 0.717) is 5.82 Å². The number of nitrogens with two attached hydrogens (primary N) is 1. The Morgan fingerprint density at radius 1 is 1.10 bits per heavy atom. The minimum absolute atomic E-state index is 0.114. The maximum Gasteiger partial charge on any atom is 0.135 e. The number of rotatable bonds is 5. The zero-order valence-electron chi connectivity index (χ0n) is 12.9. The molecule has 0 amide bonds. The number of nitrogens with zero attached hydrogens (tertiary/aromatic N) is 2. The summed E-state index contributed by atoms with van der Waals surface area (Å²) in [6.45, 7) is 6.25. The highest BCUT2D eigenvalue weighted by atomic mass is 16.5. The van der Waals surface area contributed by atoms with E-state index in [4.69, 9.17) is 10.5 Å². The second-order valence-electron chi connectivity index (χ2n) is 5.32. The van der Waals surface area contributed by atoms with E-state index in [-0.39, 0.29) is 12.0 Å². The van der Waals surface area contributed by atoms with Crippen LogP contribution < -0.4 is 15.8 Å². The van der Waals surface area contributed by atoms with Gasteiger partial charge in [0, 0.05) is 11.6 Å². The molecule has 0 spiro atoms. The molecule has 5 heteroatoms. The Morgan fingerprint density at radius 2 is 1.76 bits per heavy atom. The Morgan fingerprint density at radius 3 is 2.33 bits per heavy atom. The summed E-state index contributed by atoms with van der Waals surface area (Å²) in [7, 11) is 1.66. The highest BCUT2D eigenvalue weighted by molar-refractivity contribution is 5.57. The summed E-state index contributed by atoms with van der Waals surface area (Å²) in [6, 6.07) is 8.09. The van der Waals surface area contributed by atoms with E-state index in [2.05, 4.69) is 36.1 Å². The molecule has 0 fully saturated rings. The number of nitrogens with one attached hydrogen (secondary N) is 1. The van der Waals surface area contributed by atoms with Gasteiger partial charge in [0.05, 0.1) is 7.11 Å². The first-order chi connectivity index (χ1) is 10.0. The van der Waals surface area contributed by atoms with Crippen LogP contribution in [0, 0.1) is 0 Å². The highest BCUT2D eigenvalue weighted by Crippen LogP contribution is 2.29. The predicted octanol–water partition coefficient (Wildman–Crippen LogP) is 3.36. The number of hydrogen-bond donors (Lipinski definition) is 2. The molecular weight excluding hydrogens is 264 g/mol. The van der Waals surface area contributed by atoms with Gasteiger partial charge in [-0.05, 0) is 30.5 Å². The lowest BCUT2D eigenvalue weighted by Gasteiger charge is -2.19. The predicted molar refractivity (Wildman–Crippen MR) is 85.6 cm³/mol. The largest absolute Gasteiger partial charge is 0.497 e. The fourth-order valence-corrected chi connectivity index (χ4v) is 2.27. The molecule has 0 aliphatic rings. The van der Waals surface area contributed by atoms with Gasteiger partial charge in [-0.2, -0.15) is 0 Å². The second kappa shape index (κ2) is 6.43. The molecule has 0 aliphatic carbocycles. The first-order valence-corrected chi connectivity index (χ1v) is 7.03. The molecule has 2 rings (SSSR count). The van der Waals surface area contributed by atoms with Crippen LogP contribution in [0.1, 0.15) is 43.9 Å². The van der Waals surface area contributed by atoms with E-state index in [0.717, 1.165) is 22.7 Å². The summed E-state index contributed by atoms with van der Waals surface area (Å²) in [5.74, 6) is 2.43. The number of ether oxygens (including phenoxy) is 1. The van der Waals surface area contributed by atoms with Gasteiger partial charge in [-0.3, -0.25) is 0 Å². The molecule has 1 aromatic carbocycles. The van der Waals surface area contributed by atoms with Crippen LogP contribution in [-0.4, -0.2) is 17.1 Å². The fourth-order valence-electron chi connectivity index (χ4n) is 2.27. The zero-order chi connectivity index (χ0) is 15.4. The number of benzene rings is 1.